The SMILES string of the molecule is O=C(c1cc(F)c(F)c(F)c1)N1CCC(CBr)C1. The Morgan fingerprint density at radius 2 is 1.94 bits per heavy atom. The largest absolute Gasteiger partial charge is 0.338 e. The van der Waals surface area contributed by atoms with Gasteiger partial charge in [0.2, 0.25) is 0 Å². The second kappa shape index (κ2) is 5.30. The average Bonchev–Trinajstić information content (AvgIpc) is 2.83. The molecule has 0 aliphatic carbocycles. The van der Waals surface area contributed by atoms with Crippen LogP contribution < -0.4 is 0 Å². The molecule has 98 valence electrons. The molecule has 1 atom stereocenters. The lowest BCUT2D eigenvalue weighted by Gasteiger charge is -2.16. The number of hydrogen-bond donors (Lipinski definition) is 0. The van der Waals surface area contributed by atoms with E-state index in [0.29, 0.717) is 19.0 Å². The van der Waals surface area contributed by atoms with Gasteiger partial charge in [-0.2, -0.15) is 0 Å². The van der Waals surface area contributed by atoms with E-state index in [9.17, 15) is 18.0 Å². The summed E-state index contributed by atoms with van der Waals surface area (Å²) in [4.78, 5) is 13.5. The Kier molecular flexibility index (Phi) is 3.94. The highest BCUT2D eigenvalue weighted by Crippen LogP contribution is 2.21. The van der Waals surface area contributed by atoms with Gasteiger partial charge in [0, 0.05) is 24.0 Å². The molecule has 6 heteroatoms. The number of likely N-dealkylation sites (tertiary alicyclic amines) is 1. The van der Waals surface area contributed by atoms with Crippen LogP contribution in [0.3, 0.4) is 0 Å². The van der Waals surface area contributed by atoms with E-state index in [-0.39, 0.29) is 5.56 Å². The molecule has 2 rings (SSSR count). The summed E-state index contributed by atoms with van der Waals surface area (Å²) in [5.41, 5.74) is -0.151. The Hall–Kier alpha value is -1.04. The lowest BCUT2D eigenvalue weighted by molar-refractivity contribution is 0.0787. The predicted octanol–water partition coefficient (Wildman–Crippen LogP) is 2.96. The highest BCUT2D eigenvalue weighted by atomic mass is 79.9. The Labute approximate surface area is 111 Å². The van der Waals surface area contributed by atoms with Gasteiger partial charge in [-0.05, 0) is 24.5 Å². The van der Waals surface area contributed by atoms with Crippen LogP contribution in [0.15, 0.2) is 12.1 Å². The van der Waals surface area contributed by atoms with Crippen molar-refractivity contribution in [2.24, 2.45) is 5.92 Å². The molecule has 1 heterocycles. The van der Waals surface area contributed by atoms with Gasteiger partial charge < -0.3 is 4.90 Å². The molecule has 18 heavy (non-hydrogen) atoms. The first-order chi connectivity index (χ1) is 8.52. The van der Waals surface area contributed by atoms with Crippen LogP contribution in [0.2, 0.25) is 0 Å². The van der Waals surface area contributed by atoms with Gasteiger partial charge in [0.1, 0.15) is 0 Å². The number of halogens is 4. The van der Waals surface area contributed by atoms with E-state index in [1.165, 1.54) is 4.90 Å². The molecule has 0 aromatic heterocycles. The van der Waals surface area contributed by atoms with Crippen molar-refractivity contribution < 1.29 is 18.0 Å². The Morgan fingerprint density at radius 3 is 2.44 bits per heavy atom. The summed E-state index contributed by atoms with van der Waals surface area (Å²) in [7, 11) is 0. The minimum Gasteiger partial charge on any atom is -0.338 e. The maximum Gasteiger partial charge on any atom is 0.254 e. The van der Waals surface area contributed by atoms with E-state index >= 15 is 0 Å². The summed E-state index contributed by atoms with van der Waals surface area (Å²) in [6.07, 6.45) is 0.850. The topological polar surface area (TPSA) is 20.3 Å². The minimum atomic E-state index is -1.55. The summed E-state index contributed by atoms with van der Waals surface area (Å²) in [6.45, 7) is 1.10. The van der Waals surface area contributed by atoms with Crippen LogP contribution in [0.4, 0.5) is 13.2 Å². The van der Waals surface area contributed by atoms with Crippen molar-refractivity contribution >= 4 is 21.8 Å². The van der Waals surface area contributed by atoms with E-state index in [1.807, 2.05) is 0 Å². The maximum atomic E-state index is 13.0. The maximum absolute atomic E-state index is 13.0. The van der Waals surface area contributed by atoms with E-state index in [1.54, 1.807) is 0 Å². The predicted molar refractivity (Wildman–Crippen MR) is 64.1 cm³/mol. The highest BCUT2D eigenvalue weighted by molar-refractivity contribution is 9.09. The van der Waals surface area contributed by atoms with Crippen molar-refractivity contribution in [2.75, 3.05) is 18.4 Å². The van der Waals surface area contributed by atoms with E-state index in [4.69, 9.17) is 0 Å². The van der Waals surface area contributed by atoms with Crippen molar-refractivity contribution in [1.29, 1.82) is 0 Å². The molecule has 1 saturated heterocycles. The Morgan fingerprint density at radius 1 is 1.33 bits per heavy atom. The number of amides is 1. The molecule has 0 bridgehead atoms. The summed E-state index contributed by atoms with van der Waals surface area (Å²) in [6, 6.07) is 1.48. The molecular weight excluding hydrogens is 311 g/mol. The molecular formula is C12H11BrF3NO. The van der Waals surface area contributed by atoms with E-state index < -0.39 is 23.4 Å². The van der Waals surface area contributed by atoms with Gasteiger partial charge in [-0.1, -0.05) is 15.9 Å². The smallest absolute Gasteiger partial charge is 0.254 e. The molecule has 1 aliphatic heterocycles. The molecule has 1 amide bonds. The molecule has 1 fully saturated rings. The van der Waals surface area contributed by atoms with E-state index in [2.05, 4.69) is 15.9 Å². The molecule has 0 N–H and O–H groups in total. The number of benzene rings is 1. The number of alkyl halides is 1. The van der Waals surface area contributed by atoms with Crippen molar-refractivity contribution in [3.63, 3.8) is 0 Å². The molecule has 0 radical (unpaired) electrons. The fourth-order valence-corrected chi connectivity index (χ4v) is 2.53. The van der Waals surface area contributed by atoms with Gasteiger partial charge in [-0.3, -0.25) is 4.79 Å². The van der Waals surface area contributed by atoms with Crippen LogP contribution in [-0.2, 0) is 0 Å². The van der Waals surface area contributed by atoms with Crippen molar-refractivity contribution in [2.45, 2.75) is 6.42 Å². The van der Waals surface area contributed by atoms with Gasteiger partial charge >= 0.3 is 0 Å². The minimum absolute atomic E-state index is 0.151. The number of nitrogens with zero attached hydrogens (tertiary/aromatic N) is 1. The zero-order valence-corrected chi connectivity index (χ0v) is 11.0. The van der Waals surface area contributed by atoms with Crippen LogP contribution >= 0.6 is 15.9 Å². The molecule has 1 aliphatic rings. The van der Waals surface area contributed by atoms with Gasteiger partial charge in [-0.15, -0.1) is 0 Å². The Balaban J connectivity index is 2.19. The third-order valence-corrected chi connectivity index (χ3v) is 3.94. The molecule has 1 aromatic rings. The quantitative estimate of drug-likeness (QED) is 0.606. The fraction of sp³-hybridized carbons (Fsp3) is 0.417. The van der Waals surface area contributed by atoms with Gasteiger partial charge in [0.05, 0.1) is 0 Å². The second-order valence-electron chi connectivity index (χ2n) is 4.31. The number of rotatable bonds is 2. The lowest BCUT2D eigenvalue weighted by Crippen LogP contribution is -2.29. The summed E-state index contributed by atoms with van der Waals surface area (Å²) in [5.74, 6) is -4.34. The molecule has 0 saturated carbocycles. The third kappa shape index (κ3) is 2.53. The van der Waals surface area contributed by atoms with Gasteiger partial charge in [-0.25, -0.2) is 13.2 Å². The summed E-state index contributed by atoms with van der Waals surface area (Å²) >= 11 is 3.33. The standard InChI is InChI=1S/C12H11BrF3NO/c13-5-7-1-2-17(6-7)12(18)8-3-9(14)11(16)10(15)4-8/h3-4,7H,1-2,5-6H2. The molecule has 0 spiro atoms. The number of carbonyl (C=O) groups excluding carboxylic acids is 1. The zero-order chi connectivity index (χ0) is 13.3. The average molecular weight is 322 g/mol. The first-order valence-corrected chi connectivity index (χ1v) is 6.65. The van der Waals surface area contributed by atoms with Crippen LogP contribution in [-0.4, -0.2) is 29.2 Å². The second-order valence-corrected chi connectivity index (χ2v) is 4.96. The third-order valence-electron chi connectivity index (χ3n) is 3.02. The first kappa shape index (κ1) is 13.4. The molecule has 1 aromatic carbocycles. The normalized spacial score (nSPS) is 19.3. The monoisotopic (exact) mass is 321 g/mol. The van der Waals surface area contributed by atoms with Gasteiger partial charge in [0.25, 0.3) is 5.91 Å². The first-order valence-electron chi connectivity index (χ1n) is 5.52. The summed E-state index contributed by atoms with van der Waals surface area (Å²) in [5, 5.41) is 0.781. The zero-order valence-electron chi connectivity index (χ0n) is 9.43. The van der Waals surface area contributed by atoms with Crippen molar-refractivity contribution in [3.8, 4) is 0 Å². The van der Waals surface area contributed by atoms with Crippen molar-refractivity contribution in [1.82, 2.24) is 4.90 Å². The van der Waals surface area contributed by atoms with Crippen molar-refractivity contribution in [3.05, 3.63) is 35.1 Å². The number of carbonyl (C=O) groups is 1. The molecule has 2 nitrogen and oxygen atoms in total. The van der Waals surface area contributed by atoms with Gasteiger partial charge in [0.15, 0.2) is 17.5 Å². The Bertz CT molecular complexity index is 457. The van der Waals surface area contributed by atoms with Crippen LogP contribution in [0.25, 0.3) is 0 Å². The van der Waals surface area contributed by atoms with Crippen LogP contribution in [0.5, 0.6) is 0 Å². The van der Waals surface area contributed by atoms with Crippen LogP contribution in [0, 0.1) is 23.4 Å². The molecule has 1 unspecified atom stereocenters. The van der Waals surface area contributed by atoms with E-state index in [0.717, 1.165) is 23.9 Å². The summed E-state index contributed by atoms with van der Waals surface area (Å²) < 4.78 is 38.9. The van der Waals surface area contributed by atoms with Crippen LogP contribution in [0.1, 0.15) is 16.8 Å². The fourth-order valence-electron chi connectivity index (χ4n) is 2.00. The number of hydrogen-bond acceptors (Lipinski definition) is 1. The highest BCUT2D eigenvalue weighted by Gasteiger charge is 2.27. The lowest BCUT2D eigenvalue weighted by atomic mass is 10.1.